The van der Waals surface area contributed by atoms with E-state index >= 15 is 0 Å². The van der Waals surface area contributed by atoms with Gasteiger partial charge in [-0.05, 0) is 24.4 Å². The van der Waals surface area contributed by atoms with Crippen LogP contribution in [-0.2, 0) is 17.9 Å². The summed E-state index contributed by atoms with van der Waals surface area (Å²) in [5, 5.41) is 4.47. The van der Waals surface area contributed by atoms with E-state index in [2.05, 4.69) is 18.3 Å². The van der Waals surface area contributed by atoms with Crippen LogP contribution in [0.15, 0.2) is 24.3 Å². The predicted molar refractivity (Wildman–Crippen MR) is 79.5 cm³/mol. The summed E-state index contributed by atoms with van der Waals surface area (Å²) >= 11 is 1.70. The minimum atomic E-state index is -2.42. The first-order chi connectivity index (χ1) is 9.72. The van der Waals surface area contributed by atoms with Gasteiger partial charge in [-0.2, -0.15) is 0 Å². The zero-order chi connectivity index (χ0) is 14.4. The predicted octanol–water partition coefficient (Wildman–Crippen LogP) is 4.18. The molecule has 0 spiro atoms. The fourth-order valence-corrected chi connectivity index (χ4v) is 3.26. The summed E-state index contributed by atoms with van der Waals surface area (Å²) in [5.41, 5.74) is 1.04. The first-order valence-corrected chi connectivity index (χ1v) is 7.60. The molecule has 1 heterocycles. The number of nitrogens with one attached hydrogen (secondary N) is 1. The minimum Gasteiger partial charge on any atom is -0.371 e. The lowest BCUT2D eigenvalue weighted by Crippen LogP contribution is -2.14. The molecule has 0 bridgehead atoms. The molecule has 5 heteroatoms. The number of thiophene rings is 1. The molecule has 2 aromatic rings. The Morgan fingerprint density at radius 1 is 1.30 bits per heavy atom. The maximum atomic E-state index is 12.2. The number of ether oxygens (including phenoxy) is 1. The molecule has 1 N–H and O–H groups in total. The largest absolute Gasteiger partial charge is 0.371 e. The van der Waals surface area contributed by atoms with Gasteiger partial charge in [-0.25, -0.2) is 8.78 Å². The van der Waals surface area contributed by atoms with Crippen LogP contribution in [0.1, 0.15) is 23.8 Å². The van der Waals surface area contributed by atoms with Crippen LogP contribution in [0.25, 0.3) is 10.1 Å². The van der Waals surface area contributed by atoms with E-state index in [4.69, 9.17) is 4.74 Å². The fourth-order valence-electron chi connectivity index (χ4n) is 2.08. The van der Waals surface area contributed by atoms with E-state index in [0.717, 1.165) is 30.5 Å². The quantitative estimate of drug-likeness (QED) is 0.738. The number of alkyl halides is 2. The Morgan fingerprint density at radius 2 is 2.10 bits per heavy atom. The average Bonchev–Trinajstić information content (AvgIpc) is 2.77. The number of hydrogen-bond donors (Lipinski definition) is 1. The van der Waals surface area contributed by atoms with Crippen LogP contribution in [0.5, 0.6) is 0 Å². The van der Waals surface area contributed by atoms with Gasteiger partial charge < -0.3 is 10.1 Å². The summed E-state index contributed by atoms with van der Waals surface area (Å²) < 4.78 is 30.7. The molecule has 0 aliphatic heterocycles. The van der Waals surface area contributed by atoms with Crippen molar-refractivity contribution in [1.29, 1.82) is 0 Å². The topological polar surface area (TPSA) is 21.3 Å². The van der Waals surface area contributed by atoms with Gasteiger partial charge in [0.2, 0.25) is 0 Å². The van der Waals surface area contributed by atoms with E-state index < -0.39 is 13.0 Å². The lowest BCUT2D eigenvalue weighted by atomic mass is 10.1. The van der Waals surface area contributed by atoms with E-state index in [1.54, 1.807) is 11.3 Å². The molecule has 0 aliphatic carbocycles. The Labute approximate surface area is 121 Å². The maximum absolute atomic E-state index is 12.2. The third-order valence-corrected chi connectivity index (χ3v) is 4.20. The molecule has 0 aliphatic rings. The second kappa shape index (κ2) is 7.67. The molecular weight excluding hydrogens is 280 g/mol. The van der Waals surface area contributed by atoms with Crippen molar-refractivity contribution in [3.05, 3.63) is 34.7 Å². The van der Waals surface area contributed by atoms with Crippen LogP contribution in [-0.4, -0.2) is 19.6 Å². The Balaban J connectivity index is 2.15. The standard InChI is InChI=1S/C15H19F2NOS/c1-2-7-18-8-14-12(9-19-10-15(16)17)11-5-3-4-6-13(11)20-14/h3-6,15,18H,2,7-10H2,1H3. The molecule has 0 atom stereocenters. The lowest BCUT2D eigenvalue weighted by Gasteiger charge is -2.07. The highest BCUT2D eigenvalue weighted by atomic mass is 32.1. The van der Waals surface area contributed by atoms with Gasteiger partial charge in [0.15, 0.2) is 0 Å². The van der Waals surface area contributed by atoms with Crippen LogP contribution < -0.4 is 5.32 Å². The summed E-state index contributed by atoms with van der Waals surface area (Å²) in [6.45, 7) is 3.57. The Morgan fingerprint density at radius 3 is 2.85 bits per heavy atom. The van der Waals surface area contributed by atoms with Gasteiger partial charge in [-0.3, -0.25) is 0 Å². The average molecular weight is 299 g/mol. The number of hydrogen-bond acceptors (Lipinski definition) is 3. The molecule has 110 valence electrons. The molecule has 0 saturated heterocycles. The molecule has 0 fully saturated rings. The number of benzene rings is 1. The van der Waals surface area contributed by atoms with Crippen LogP contribution in [0.2, 0.25) is 0 Å². The molecule has 0 unspecified atom stereocenters. The Bertz CT molecular complexity index is 542. The van der Waals surface area contributed by atoms with E-state index in [-0.39, 0.29) is 6.61 Å². The Kier molecular flexibility index (Phi) is 5.88. The first-order valence-electron chi connectivity index (χ1n) is 6.78. The molecule has 20 heavy (non-hydrogen) atoms. The highest BCUT2D eigenvalue weighted by Gasteiger charge is 2.12. The van der Waals surface area contributed by atoms with Crippen molar-refractivity contribution >= 4 is 21.4 Å². The van der Waals surface area contributed by atoms with Gasteiger partial charge in [0.25, 0.3) is 6.43 Å². The smallest absolute Gasteiger partial charge is 0.261 e. The van der Waals surface area contributed by atoms with E-state index in [0.29, 0.717) is 0 Å². The van der Waals surface area contributed by atoms with Crippen molar-refractivity contribution in [1.82, 2.24) is 5.32 Å². The van der Waals surface area contributed by atoms with Gasteiger partial charge in [-0.15, -0.1) is 11.3 Å². The highest BCUT2D eigenvalue weighted by molar-refractivity contribution is 7.19. The molecule has 0 amide bonds. The summed E-state index contributed by atoms with van der Waals surface area (Å²) in [7, 11) is 0. The molecule has 2 nitrogen and oxygen atoms in total. The van der Waals surface area contributed by atoms with Crippen LogP contribution in [0, 0.1) is 0 Å². The second-order valence-electron chi connectivity index (χ2n) is 4.58. The summed E-state index contributed by atoms with van der Waals surface area (Å²) in [6.07, 6.45) is -1.34. The third-order valence-electron chi connectivity index (χ3n) is 2.98. The molecule has 0 saturated carbocycles. The number of halogens is 2. The van der Waals surface area contributed by atoms with Crippen LogP contribution in [0.3, 0.4) is 0 Å². The van der Waals surface area contributed by atoms with Crippen molar-refractivity contribution in [3.63, 3.8) is 0 Å². The number of fused-ring (bicyclic) bond motifs is 1. The van der Waals surface area contributed by atoms with E-state index in [1.807, 2.05) is 18.2 Å². The monoisotopic (exact) mass is 299 g/mol. The second-order valence-corrected chi connectivity index (χ2v) is 5.72. The van der Waals surface area contributed by atoms with E-state index in [1.165, 1.54) is 9.58 Å². The van der Waals surface area contributed by atoms with Crippen LogP contribution >= 0.6 is 11.3 Å². The maximum Gasteiger partial charge on any atom is 0.261 e. The van der Waals surface area contributed by atoms with Crippen molar-refractivity contribution in [2.75, 3.05) is 13.2 Å². The van der Waals surface area contributed by atoms with Crippen molar-refractivity contribution in [3.8, 4) is 0 Å². The van der Waals surface area contributed by atoms with E-state index in [9.17, 15) is 8.78 Å². The van der Waals surface area contributed by atoms with Gasteiger partial charge in [0.1, 0.15) is 6.61 Å². The Hall–Kier alpha value is -1.04. The van der Waals surface area contributed by atoms with Crippen LogP contribution in [0.4, 0.5) is 8.78 Å². The van der Waals surface area contributed by atoms with Crippen molar-refractivity contribution in [2.24, 2.45) is 0 Å². The van der Waals surface area contributed by atoms with Gasteiger partial charge in [0.05, 0.1) is 6.61 Å². The van der Waals surface area contributed by atoms with Crippen molar-refractivity contribution < 1.29 is 13.5 Å². The zero-order valence-corrected chi connectivity index (χ0v) is 12.3. The molecule has 1 aromatic heterocycles. The lowest BCUT2D eigenvalue weighted by molar-refractivity contribution is 0.0101. The SMILES string of the molecule is CCCNCc1sc2ccccc2c1COCC(F)F. The molecule has 1 aromatic carbocycles. The fraction of sp³-hybridized carbons (Fsp3) is 0.467. The zero-order valence-electron chi connectivity index (χ0n) is 11.5. The summed E-state index contributed by atoms with van der Waals surface area (Å²) in [5.74, 6) is 0. The summed E-state index contributed by atoms with van der Waals surface area (Å²) in [4.78, 5) is 1.17. The van der Waals surface area contributed by atoms with Gasteiger partial charge in [0, 0.05) is 21.7 Å². The van der Waals surface area contributed by atoms with Crippen molar-refractivity contribution in [2.45, 2.75) is 32.9 Å². The first kappa shape index (κ1) is 15.4. The molecule has 0 radical (unpaired) electrons. The normalized spacial score (nSPS) is 11.6. The summed E-state index contributed by atoms with van der Waals surface area (Å²) in [6, 6.07) is 8.04. The highest BCUT2D eigenvalue weighted by Crippen LogP contribution is 2.31. The number of rotatable bonds is 8. The van der Waals surface area contributed by atoms with Gasteiger partial charge >= 0.3 is 0 Å². The third kappa shape index (κ3) is 3.98. The minimum absolute atomic E-state index is 0.248. The molecule has 2 rings (SSSR count). The van der Waals surface area contributed by atoms with Gasteiger partial charge in [-0.1, -0.05) is 25.1 Å². The molecular formula is C15H19F2NOS.